The van der Waals surface area contributed by atoms with Crippen molar-refractivity contribution in [1.82, 2.24) is 14.9 Å². The first-order valence-electron chi connectivity index (χ1n) is 8.04. The maximum atomic E-state index is 13.4. The van der Waals surface area contributed by atoms with Crippen molar-refractivity contribution in [2.45, 2.75) is 10.4 Å². The summed E-state index contributed by atoms with van der Waals surface area (Å²) in [7, 11) is 0. The number of thioether (sulfide) groups is 1. The molecule has 0 atom stereocenters. The Morgan fingerprint density at radius 1 is 0.889 bits per heavy atom. The quantitative estimate of drug-likeness (QED) is 0.383. The number of nitrogens with zero attached hydrogens (tertiary/aromatic N) is 3. The van der Waals surface area contributed by atoms with Crippen molar-refractivity contribution in [1.29, 1.82) is 0 Å². The molecule has 2 N–H and O–H groups in total. The second kappa shape index (κ2) is 7.50. The SMILES string of the molecule is Nn1c(SC(c2ccc(F)cc2)c2ccc(F)cc2)nnc1-c1cccs1. The van der Waals surface area contributed by atoms with Crippen LogP contribution in [0.2, 0.25) is 0 Å². The van der Waals surface area contributed by atoms with E-state index in [4.69, 9.17) is 5.84 Å². The molecule has 27 heavy (non-hydrogen) atoms. The van der Waals surface area contributed by atoms with Gasteiger partial charge in [0.25, 0.3) is 0 Å². The molecule has 2 aromatic heterocycles. The van der Waals surface area contributed by atoms with Crippen LogP contribution in [0.3, 0.4) is 0 Å². The predicted molar refractivity (Wildman–Crippen MR) is 104 cm³/mol. The van der Waals surface area contributed by atoms with Crippen molar-refractivity contribution in [2.75, 3.05) is 5.84 Å². The van der Waals surface area contributed by atoms with E-state index in [0.29, 0.717) is 11.0 Å². The molecule has 8 heteroatoms. The molecule has 2 heterocycles. The van der Waals surface area contributed by atoms with Gasteiger partial charge < -0.3 is 5.84 Å². The van der Waals surface area contributed by atoms with E-state index in [1.54, 1.807) is 24.3 Å². The highest BCUT2D eigenvalue weighted by atomic mass is 32.2. The van der Waals surface area contributed by atoms with Gasteiger partial charge >= 0.3 is 0 Å². The summed E-state index contributed by atoms with van der Waals surface area (Å²) in [5, 5.41) is 10.6. The van der Waals surface area contributed by atoms with Crippen LogP contribution in [0, 0.1) is 11.6 Å². The number of nitrogen functional groups attached to an aromatic ring is 1. The minimum atomic E-state index is -0.316. The van der Waals surface area contributed by atoms with Crippen molar-refractivity contribution in [3.63, 3.8) is 0 Å². The molecule has 0 saturated carbocycles. The van der Waals surface area contributed by atoms with Crippen LogP contribution >= 0.6 is 23.1 Å². The van der Waals surface area contributed by atoms with Gasteiger partial charge in [0.05, 0.1) is 10.1 Å². The minimum absolute atomic E-state index is 0.242. The van der Waals surface area contributed by atoms with Crippen molar-refractivity contribution < 1.29 is 8.78 Å². The number of hydrogen-bond donors (Lipinski definition) is 1. The van der Waals surface area contributed by atoms with Gasteiger partial charge in [0.15, 0.2) is 5.82 Å². The fourth-order valence-electron chi connectivity index (χ4n) is 2.64. The topological polar surface area (TPSA) is 56.7 Å². The first-order valence-corrected chi connectivity index (χ1v) is 9.79. The normalized spacial score (nSPS) is 11.2. The summed E-state index contributed by atoms with van der Waals surface area (Å²) in [6, 6.07) is 16.2. The highest BCUT2D eigenvalue weighted by Crippen LogP contribution is 2.40. The molecule has 0 aliphatic rings. The first-order chi connectivity index (χ1) is 13.1. The Morgan fingerprint density at radius 3 is 2.00 bits per heavy atom. The van der Waals surface area contributed by atoms with Crippen molar-refractivity contribution >= 4 is 23.1 Å². The molecular formula is C19H14F2N4S2. The number of hydrogen-bond acceptors (Lipinski definition) is 5. The molecule has 4 rings (SSSR count). The smallest absolute Gasteiger partial charge is 0.211 e. The molecule has 0 bridgehead atoms. The summed E-state index contributed by atoms with van der Waals surface area (Å²) < 4.78 is 28.2. The lowest BCUT2D eigenvalue weighted by molar-refractivity contribution is 0.626. The van der Waals surface area contributed by atoms with E-state index in [0.717, 1.165) is 16.0 Å². The summed E-state index contributed by atoms with van der Waals surface area (Å²) >= 11 is 2.90. The van der Waals surface area contributed by atoms with Crippen LogP contribution in [0.25, 0.3) is 10.7 Å². The van der Waals surface area contributed by atoms with E-state index in [1.165, 1.54) is 52.0 Å². The molecule has 4 nitrogen and oxygen atoms in total. The van der Waals surface area contributed by atoms with Crippen LogP contribution < -0.4 is 5.84 Å². The maximum absolute atomic E-state index is 13.4. The highest BCUT2D eigenvalue weighted by Gasteiger charge is 2.21. The molecule has 0 fully saturated rings. The van der Waals surface area contributed by atoms with E-state index in [9.17, 15) is 8.78 Å². The van der Waals surface area contributed by atoms with Gasteiger partial charge in [-0.15, -0.1) is 21.5 Å². The van der Waals surface area contributed by atoms with Crippen LogP contribution in [-0.2, 0) is 0 Å². The zero-order chi connectivity index (χ0) is 18.8. The third-order valence-electron chi connectivity index (χ3n) is 3.97. The van der Waals surface area contributed by atoms with E-state index in [1.807, 2.05) is 17.5 Å². The zero-order valence-electron chi connectivity index (χ0n) is 13.9. The number of aromatic nitrogens is 3. The molecule has 0 radical (unpaired) electrons. The molecule has 0 saturated heterocycles. The predicted octanol–water partition coefficient (Wildman–Crippen LogP) is 4.88. The zero-order valence-corrected chi connectivity index (χ0v) is 15.6. The van der Waals surface area contributed by atoms with Gasteiger partial charge in [-0.1, -0.05) is 42.1 Å². The van der Waals surface area contributed by atoms with Gasteiger partial charge in [-0.3, -0.25) is 0 Å². The monoisotopic (exact) mass is 400 g/mol. The molecule has 0 aliphatic heterocycles. The lowest BCUT2D eigenvalue weighted by Gasteiger charge is -2.17. The average Bonchev–Trinajstić information content (AvgIpc) is 3.32. The van der Waals surface area contributed by atoms with Gasteiger partial charge in [-0.25, -0.2) is 13.5 Å². The van der Waals surface area contributed by atoms with Crippen LogP contribution in [0.4, 0.5) is 8.78 Å². The van der Waals surface area contributed by atoms with Crippen molar-refractivity contribution in [2.24, 2.45) is 0 Å². The van der Waals surface area contributed by atoms with Gasteiger partial charge in [0, 0.05) is 0 Å². The summed E-state index contributed by atoms with van der Waals surface area (Å²) in [5.41, 5.74) is 1.71. The largest absolute Gasteiger partial charge is 0.335 e. The number of rotatable bonds is 5. The molecule has 0 aliphatic carbocycles. The van der Waals surface area contributed by atoms with Crippen molar-refractivity contribution in [3.8, 4) is 10.7 Å². The van der Waals surface area contributed by atoms with Crippen LogP contribution in [0.15, 0.2) is 71.2 Å². The summed E-state index contributed by atoms with van der Waals surface area (Å²) in [4.78, 5) is 0.914. The Kier molecular flexibility index (Phi) is 4.91. The lowest BCUT2D eigenvalue weighted by atomic mass is 10.0. The number of halogens is 2. The van der Waals surface area contributed by atoms with E-state index in [-0.39, 0.29) is 16.9 Å². The number of nitrogens with two attached hydrogens (primary N) is 1. The molecule has 4 aromatic rings. The number of benzene rings is 2. The third kappa shape index (κ3) is 3.72. The Labute approximate surface area is 162 Å². The first kappa shape index (κ1) is 17.7. The fraction of sp³-hybridized carbons (Fsp3) is 0.0526. The second-order valence-corrected chi connectivity index (χ2v) is 7.77. The van der Waals surface area contributed by atoms with Crippen LogP contribution in [-0.4, -0.2) is 14.9 Å². The Balaban J connectivity index is 1.71. The van der Waals surface area contributed by atoms with Crippen molar-refractivity contribution in [3.05, 3.63) is 88.8 Å². The van der Waals surface area contributed by atoms with Gasteiger partial charge in [-0.05, 0) is 46.8 Å². The van der Waals surface area contributed by atoms with E-state index < -0.39 is 0 Å². The standard InChI is InChI=1S/C19H14F2N4S2/c20-14-7-3-12(4-8-14)17(13-5-9-15(21)10-6-13)27-19-24-23-18(25(19)22)16-2-1-11-26-16/h1-11,17H,22H2. The summed E-state index contributed by atoms with van der Waals surface area (Å²) in [5.74, 6) is 6.15. The van der Waals surface area contributed by atoms with E-state index in [2.05, 4.69) is 10.2 Å². The molecule has 0 unspecified atom stereocenters. The lowest BCUT2D eigenvalue weighted by Crippen LogP contribution is -2.12. The summed E-state index contributed by atoms with van der Waals surface area (Å²) in [6.07, 6.45) is 0. The fourth-order valence-corrected chi connectivity index (χ4v) is 4.43. The van der Waals surface area contributed by atoms with Gasteiger partial charge in [0.1, 0.15) is 11.6 Å². The maximum Gasteiger partial charge on any atom is 0.211 e. The Hall–Kier alpha value is -2.71. The second-order valence-electron chi connectivity index (χ2n) is 5.75. The molecule has 136 valence electrons. The molecule has 0 spiro atoms. The number of thiophene rings is 1. The van der Waals surface area contributed by atoms with Crippen LogP contribution in [0.1, 0.15) is 16.4 Å². The summed E-state index contributed by atoms with van der Waals surface area (Å²) in [6.45, 7) is 0. The molecule has 2 aromatic carbocycles. The highest BCUT2D eigenvalue weighted by molar-refractivity contribution is 7.99. The Bertz CT molecular complexity index is 983. The van der Waals surface area contributed by atoms with Crippen LogP contribution in [0.5, 0.6) is 0 Å². The van der Waals surface area contributed by atoms with Gasteiger partial charge in [0.2, 0.25) is 5.16 Å². The minimum Gasteiger partial charge on any atom is -0.335 e. The molecular weight excluding hydrogens is 386 g/mol. The average molecular weight is 400 g/mol. The van der Waals surface area contributed by atoms with Gasteiger partial charge in [-0.2, -0.15) is 0 Å². The molecule has 0 amide bonds. The third-order valence-corrected chi connectivity index (χ3v) is 6.11. The van der Waals surface area contributed by atoms with E-state index >= 15 is 0 Å². The Morgan fingerprint density at radius 2 is 1.48 bits per heavy atom.